The number of anilines is 2. The van der Waals surface area contributed by atoms with E-state index < -0.39 is 11.8 Å². The number of amides is 2. The van der Waals surface area contributed by atoms with Gasteiger partial charge < -0.3 is 5.11 Å². The summed E-state index contributed by atoms with van der Waals surface area (Å²) >= 11 is 5.54. The SMILES string of the molecule is O=C1C(=Cc2ccccc2O)C(=O)N(c2ccccc2)C(=S)N1c1ccccc1. The van der Waals surface area contributed by atoms with Crippen molar-refractivity contribution in [3.8, 4) is 5.75 Å². The van der Waals surface area contributed by atoms with Gasteiger partial charge in [-0.05, 0) is 48.6 Å². The highest BCUT2D eigenvalue weighted by atomic mass is 32.1. The lowest BCUT2D eigenvalue weighted by molar-refractivity contribution is -0.120. The van der Waals surface area contributed by atoms with Crippen molar-refractivity contribution >= 4 is 46.6 Å². The van der Waals surface area contributed by atoms with E-state index in [1.54, 1.807) is 66.7 Å². The Kier molecular flexibility index (Phi) is 4.93. The molecule has 1 heterocycles. The van der Waals surface area contributed by atoms with E-state index in [0.29, 0.717) is 16.9 Å². The minimum Gasteiger partial charge on any atom is -0.507 e. The fourth-order valence-electron chi connectivity index (χ4n) is 3.10. The number of nitrogens with zero attached hydrogens (tertiary/aromatic N) is 2. The molecule has 0 aliphatic carbocycles. The van der Waals surface area contributed by atoms with Crippen molar-refractivity contribution in [3.05, 3.63) is 96.1 Å². The number of phenols is 1. The second-order valence-corrected chi connectivity index (χ2v) is 6.72. The molecule has 0 spiro atoms. The van der Waals surface area contributed by atoms with Crippen LogP contribution in [0, 0.1) is 0 Å². The van der Waals surface area contributed by atoms with Crippen LogP contribution < -0.4 is 9.80 Å². The second kappa shape index (κ2) is 7.69. The smallest absolute Gasteiger partial charge is 0.270 e. The van der Waals surface area contributed by atoms with Crippen molar-refractivity contribution in [2.45, 2.75) is 0 Å². The average Bonchev–Trinajstić information content (AvgIpc) is 2.74. The maximum Gasteiger partial charge on any atom is 0.270 e. The lowest BCUT2D eigenvalue weighted by atomic mass is 10.0. The number of hydrogen-bond acceptors (Lipinski definition) is 4. The van der Waals surface area contributed by atoms with Crippen molar-refractivity contribution in [3.63, 3.8) is 0 Å². The summed E-state index contributed by atoms with van der Waals surface area (Å²) in [6, 6.07) is 24.4. The number of rotatable bonds is 3. The summed E-state index contributed by atoms with van der Waals surface area (Å²) in [5.41, 5.74) is 1.39. The summed E-state index contributed by atoms with van der Waals surface area (Å²) in [5, 5.41) is 10.2. The Balaban J connectivity index is 1.89. The molecule has 0 radical (unpaired) electrons. The van der Waals surface area contributed by atoms with Gasteiger partial charge in [-0.2, -0.15) is 0 Å². The van der Waals surface area contributed by atoms with Crippen LogP contribution in [-0.4, -0.2) is 22.0 Å². The Bertz CT molecular complexity index is 1060. The van der Waals surface area contributed by atoms with Gasteiger partial charge in [0.15, 0.2) is 5.11 Å². The van der Waals surface area contributed by atoms with E-state index in [-0.39, 0.29) is 16.4 Å². The van der Waals surface area contributed by atoms with Gasteiger partial charge in [0.1, 0.15) is 11.3 Å². The van der Waals surface area contributed by atoms with Crippen LogP contribution in [0.1, 0.15) is 5.56 Å². The molecule has 1 N–H and O–H groups in total. The third kappa shape index (κ3) is 3.41. The quantitative estimate of drug-likeness (QED) is 0.408. The average molecular weight is 400 g/mol. The van der Waals surface area contributed by atoms with E-state index in [1.807, 2.05) is 12.1 Å². The molecule has 142 valence electrons. The molecule has 0 atom stereocenters. The van der Waals surface area contributed by atoms with Gasteiger partial charge >= 0.3 is 0 Å². The number of benzene rings is 3. The predicted molar refractivity (Wildman–Crippen MR) is 117 cm³/mol. The molecule has 29 heavy (non-hydrogen) atoms. The lowest BCUT2D eigenvalue weighted by Crippen LogP contribution is -2.56. The second-order valence-electron chi connectivity index (χ2n) is 6.35. The first-order valence-electron chi connectivity index (χ1n) is 8.90. The van der Waals surface area contributed by atoms with Crippen molar-refractivity contribution in [2.24, 2.45) is 0 Å². The van der Waals surface area contributed by atoms with Crippen LogP contribution in [0.15, 0.2) is 90.5 Å². The molecular formula is C23H16N2O3S. The van der Waals surface area contributed by atoms with E-state index in [0.717, 1.165) is 0 Å². The molecule has 3 aromatic carbocycles. The van der Waals surface area contributed by atoms with Gasteiger partial charge in [0.2, 0.25) is 0 Å². The molecule has 0 bridgehead atoms. The van der Waals surface area contributed by atoms with Crippen LogP contribution in [0.5, 0.6) is 5.75 Å². The highest BCUT2D eigenvalue weighted by Gasteiger charge is 2.41. The van der Waals surface area contributed by atoms with Crippen LogP contribution in [0.4, 0.5) is 11.4 Å². The minimum atomic E-state index is -0.540. The van der Waals surface area contributed by atoms with E-state index in [4.69, 9.17) is 12.2 Å². The van der Waals surface area contributed by atoms with Crippen LogP contribution in [0.2, 0.25) is 0 Å². The highest BCUT2D eigenvalue weighted by Crippen LogP contribution is 2.30. The molecule has 4 rings (SSSR count). The molecule has 3 aromatic rings. The molecule has 1 aliphatic rings. The summed E-state index contributed by atoms with van der Waals surface area (Å²) in [4.78, 5) is 29.2. The van der Waals surface area contributed by atoms with E-state index in [1.165, 1.54) is 21.9 Å². The number of phenolic OH excluding ortho intramolecular Hbond substituents is 1. The highest BCUT2D eigenvalue weighted by molar-refractivity contribution is 7.81. The van der Waals surface area contributed by atoms with Crippen molar-refractivity contribution in [2.75, 3.05) is 9.80 Å². The molecule has 6 heteroatoms. The first kappa shape index (κ1) is 18.6. The molecule has 1 saturated heterocycles. The molecule has 0 unspecified atom stereocenters. The van der Waals surface area contributed by atoms with Crippen molar-refractivity contribution in [1.29, 1.82) is 0 Å². The zero-order valence-corrected chi connectivity index (χ0v) is 16.0. The van der Waals surface area contributed by atoms with Gasteiger partial charge in [-0.15, -0.1) is 0 Å². The standard InChI is InChI=1S/C23H16N2O3S/c26-20-14-8-7-9-16(20)15-19-21(27)24(17-10-3-1-4-11-17)23(29)25(22(19)28)18-12-5-2-6-13-18/h1-15,26H. The summed E-state index contributed by atoms with van der Waals surface area (Å²) in [5.74, 6) is -1.10. The number of carbonyl (C=O) groups excluding carboxylic acids is 2. The maximum absolute atomic E-state index is 13.3. The van der Waals surface area contributed by atoms with E-state index >= 15 is 0 Å². The van der Waals surface area contributed by atoms with Gasteiger partial charge in [-0.25, -0.2) is 0 Å². The number of para-hydroxylation sites is 3. The molecular weight excluding hydrogens is 384 g/mol. The third-order valence-corrected chi connectivity index (χ3v) is 4.88. The zero-order valence-electron chi connectivity index (χ0n) is 15.2. The Morgan fingerprint density at radius 1 is 0.690 bits per heavy atom. The molecule has 2 amide bonds. The van der Waals surface area contributed by atoms with Gasteiger partial charge in [-0.3, -0.25) is 19.4 Å². The van der Waals surface area contributed by atoms with Crippen LogP contribution >= 0.6 is 12.2 Å². The molecule has 5 nitrogen and oxygen atoms in total. The Morgan fingerprint density at radius 3 is 1.62 bits per heavy atom. The first-order valence-corrected chi connectivity index (χ1v) is 9.31. The van der Waals surface area contributed by atoms with Gasteiger partial charge in [0.25, 0.3) is 11.8 Å². The molecule has 0 saturated carbocycles. The van der Waals surface area contributed by atoms with Crippen LogP contribution in [-0.2, 0) is 9.59 Å². The maximum atomic E-state index is 13.3. The van der Waals surface area contributed by atoms with Gasteiger partial charge in [0, 0.05) is 5.56 Å². The summed E-state index contributed by atoms with van der Waals surface area (Å²) in [6.07, 6.45) is 1.40. The van der Waals surface area contributed by atoms with Crippen molar-refractivity contribution < 1.29 is 14.7 Å². The first-order chi connectivity index (χ1) is 14.1. The fourth-order valence-corrected chi connectivity index (χ4v) is 3.48. The van der Waals surface area contributed by atoms with Crippen LogP contribution in [0.3, 0.4) is 0 Å². The number of hydrogen-bond donors (Lipinski definition) is 1. The van der Waals surface area contributed by atoms with Crippen molar-refractivity contribution in [1.82, 2.24) is 0 Å². The van der Waals surface area contributed by atoms with E-state index in [9.17, 15) is 14.7 Å². The summed E-state index contributed by atoms with van der Waals surface area (Å²) < 4.78 is 0. The van der Waals surface area contributed by atoms with E-state index in [2.05, 4.69) is 0 Å². The molecule has 1 aliphatic heterocycles. The van der Waals surface area contributed by atoms with Crippen LogP contribution in [0.25, 0.3) is 6.08 Å². The van der Waals surface area contributed by atoms with Gasteiger partial charge in [-0.1, -0.05) is 54.6 Å². The monoisotopic (exact) mass is 400 g/mol. The largest absolute Gasteiger partial charge is 0.507 e. The minimum absolute atomic E-state index is 0.0220. The molecule has 1 fully saturated rings. The molecule has 0 aromatic heterocycles. The predicted octanol–water partition coefficient (Wildman–Crippen LogP) is 4.14. The topological polar surface area (TPSA) is 60.9 Å². The summed E-state index contributed by atoms with van der Waals surface area (Å²) in [6.45, 7) is 0. The fraction of sp³-hybridized carbons (Fsp3) is 0. The lowest BCUT2D eigenvalue weighted by Gasteiger charge is -2.36. The number of thiocarbonyl (C=S) groups is 1. The number of aromatic hydroxyl groups is 1. The number of carbonyl (C=O) groups is 2. The normalized spacial score (nSPS) is 14.3. The van der Waals surface area contributed by atoms with Gasteiger partial charge in [0.05, 0.1) is 11.4 Å². The Labute approximate surface area is 173 Å². The zero-order chi connectivity index (χ0) is 20.4. The Morgan fingerprint density at radius 2 is 1.14 bits per heavy atom. The third-order valence-electron chi connectivity index (χ3n) is 4.51. The summed E-state index contributed by atoms with van der Waals surface area (Å²) in [7, 11) is 0. The Hall–Kier alpha value is -3.77.